The van der Waals surface area contributed by atoms with Crippen LogP contribution < -0.4 is 5.32 Å². The highest BCUT2D eigenvalue weighted by atomic mass is 16.5. The lowest BCUT2D eigenvalue weighted by molar-refractivity contribution is -0.158. The number of ether oxygens (including phenoxy) is 1. The lowest BCUT2D eigenvalue weighted by atomic mass is 9.48. The van der Waals surface area contributed by atoms with Crippen molar-refractivity contribution in [3.8, 4) is 0 Å². The maximum Gasteiger partial charge on any atom is 0.326 e. The highest BCUT2D eigenvalue weighted by Gasteiger charge is 2.56. The van der Waals surface area contributed by atoms with E-state index in [9.17, 15) is 19.2 Å². The number of amides is 3. The molecule has 0 unspecified atom stereocenters. The fraction of sp³-hybridized carbons (Fsp3) is 0.826. The monoisotopic (exact) mass is 416 g/mol. The summed E-state index contributed by atoms with van der Waals surface area (Å²) in [6, 6.07) is -0.530. The van der Waals surface area contributed by atoms with E-state index in [0.29, 0.717) is 24.2 Å². The molecule has 1 aliphatic heterocycles. The van der Waals surface area contributed by atoms with Gasteiger partial charge >= 0.3 is 12.0 Å². The maximum atomic E-state index is 13.0. The van der Waals surface area contributed by atoms with Crippen LogP contribution in [0.25, 0.3) is 0 Å². The van der Waals surface area contributed by atoms with Gasteiger partial charge in [0.25, 0.3) is 5.91 Å². The zero-order valence-corrected chi connectivity index (χ0v) is 17.8. The summed E-state index contributed by atoms with van der Waals surface area (Å²) in [7, 11) is 0. The van der Waals surface area contributed by atoms with E-state index in [1.807, 2.05) is 6.92 Å². The molecule has 1 saturated heterocycles. The number of rotatable bonds is 5. The zero-order valence-electron chi connectivity index (χ0n) is 17.8. The van der Waals surface area contributed by atoms with E-state index in [-0.39, 0.29) is 29.6 Å². The SMILES string of the molecule is C[C@@H]1CCCC[C@]12NC(=O)N(CC(=O)OCC(=O)C13CC4CC(CC(C4)C1)C3)C2=O. The molecule has 1 spiro atoms. The third kappa shape index (κ3) is 3.07. The number of nitrogens with one attached hydrogen (secondary N) is 1. The van der Waals surface area contributed by atoms with Gasteiger partial charge in [-0.3, -0.25) is 19.3 Å². The Morgan fingerprint density at radius 2 is 1.70 bits per heavy atom. The van der Waals surface area contributed by atoms with Crippen LogP contribution >= 0.6 is 0 Å². The van der Waals surface area contributed by atoms with Crippen LogP contribution in [0.1, 0.15) is 71.1 Å². The smallest absolute Gasteiger partial charge is 0.326 e. The van der Waals surface area contributed by atoms with E-state index in [0.717, 1.165) is 43.4 Å². The quantitative estimate of drug-likeness (QED) is 0.550. The molecule has 0 aromatic carbocycles. The number of ketones is 1. The standard InChI is InChI=1S/C23H32N2O5/c1-14-4-2-3-5-23(14)20(28)25(21(29)24-23)12-19(27)30-13-18(26)22-9-15-6-16(10-22)8-17(7-15)11-22/h14-17H,2-13H2,1H3,(H,24,29)/t14-,15?,16?,17?,22?,23+/m1/s1. The van der Waals surface area contributed by atoms with Crippen molar-refractivity contribution >= 4 is 23.7 Å². The van der Waals surface area contributed by atoms with Crippen molar-refractivity contribution in [3.05, 3.63) is 0 Å². The van der Waals surface area contributed by atoms with E-state index < -0.39 is 24.1 Å². The van der Waals surface area contributed by atoms with E-state index in [2.05, 4.69) is 5.32 Å². The highest BCUT2D eigenvalue weighted by molar-refractivity contribution is 6.09. The van der Waals surface area contributed by atoms with Gasteiger partial charge in [0.15, 0.2) is 12.4 Å². The summed E-state index contributed by atoms with van der Waals surface area (Å²) < 4.78 is 5.29. The molecule has 6 fully saturated rings. The second-order valence-corrected chi connectivity index (χ2v) is 10.7. The molecule has 2 atom stereocenters. The largest absolute Gasteiger partial charge is 0.456 e. The number of Topliss-reactive ketones (excluding diaryl/α,β-unsaturated/α-hetero) is 1. The number of hydrogen-bond donors (Lipinski definition) is 1. The lowest BCUT2D eigenvalue weighted by Gasteiger charge is -2.55. The van der Waals surface area contributed by atoms with E-state index >= 15 is 0 Å². The van der Waals surface area contributed by atoms with Gasteiger partial charge in [-0.1, -0.05) is 19.8 Å². The van der Waals surface area contributed by atoms with Gasteiger partial charge in [-0.15, -0.1) is 0 Å². The Labute approximate surface area is 177 Å². The predicted octanol–water partition coefficient (Wildman–Crippen LogP) is 2.82. The Balaban J connectivity index is 1.18. The van der Waals surface area contributed by atoms with Crippen molar-refractivity contribution in [3.63, 3.8) is 0 Å². The maximum absolute atomic E-state index is 13.0. The minimum atomic E-state index is -0.884. The second kappa shape index (κ2) is 7.06. The summed E-state index contributed by atoms with van der Waals surface area (Å²) in [6.45, 7) is 1.31. The molecule has 164 valence electrons. The topological polar surface area (TPSA) is 92.8 Å². The summed E-state index contributed by atoms with van der Waals surface area (Å²) >= 11 is 0. The molecule has 7 heteroatoms. The molecule has 30 heavy (non-hydrogen) atoms. The van der Waals surface area contributed by atoms with Crippen LogP contribution in [-0.2, 0) is 19.1 Å². The van der Waals surface area contributed by atoms with Gasteiger partial charge < -0.3 is 10.1 Å². The fourth-order valence-electron chi connectivity index (χ4n) is 7.57. The van der Waals surface area contributed by atoms with Gasteiger partial charge in [0.05, 0.1) is 0 Å². The minimum Gasteiger partial charge on any atom is -0.456 e. The van der Waals surface area contributed by atoms with Crippen molar-refractivity contribution in [2.75, 3.05) is 13.2 Å². The van der Waals surface area contributed by atoms with Gasteiger partial charge in [-0.05, 0) is 75.0 Å². The number of urea groups is 1. The third-order valence-corrected chi connectivity index (χ3v) is 8.78. The fourth-order valence-corrected chi connectivity index (χ4v) is 7.57. The molecule has 1 N–H and O–H groups in total. The number of imide groups is 1. The molecule has 4 bridgehead atoms. The van der Waals surface area contributed by atoms with Crippen molar-refractivity contribution < 1.29 is 23.9 Å². The van der Waals surface area contributed by atoms with Crippen LogP contribution in [0.4, 0.5) is 4.79 Å². The molecular formula is C23H32N2O5. The van der Waals surface area contributed by atoms with Gasteiger partial charge in [0, 0.05) is 5.41 Å². The first-order chi connectivity index (χ1) is 14.3. The Bertz CT molecular complexity index is 757. The van der Waals surface area contributed by atoms with Crippen molar-refractivity contribution in [2.24, 2.45) is 29.1 Å². The average molecular weight is 417 g/mol. The second-order valence-electron chi connectivity index (χ2n) is 10.7. The first kappa shape index (κ1) is 20.0. The first-order valence-corrected chi connectivity index (χ1v) is 11.6. The molecule has 5 aliphatic carbocycles. The molecule has 0 radical (unpaired) electrons. The number of carbonyl (C=O) groups is 4. The summed E-state index contributed by atoms with van der Waals surface area (Å²) in [5.74, 6) is 1.01. The average Bonchev–Trinajstić information content (AvgIpc) is 2.92. The van der Waals surface area contributed by atoms with Crippen LogP contribution in [0.3, 0.4) is 0 Å². The molecular weight excluding hydrogens is 384 g/mol. The summed E-state index contributed by atoms with van der Waals surface area (Å²) in [5, 5.41) is 2.84. The summed E-state index contributed by atoms with van der Waals surface area (Å²) in [4.78, 5) is 51.8. The molecule has 0 aromatic rings. The van der Waals surface area contributed by atoms with Crippen molar-refractivity contribution in [1.29, 1.82) is 0 Å². The van der Waals surface area contributed by atoms with E-state index in [1.54, 1.807) is 0 Å². The van der Waals surface area contributed by atoms with Crippen molar-refractivity contribution in [2.45, 2.75) is 76.7 Å². The van der Waals surface area contributed by atoms with Crippen LogP contribution in [0.15, 0.2) is 0 Å². The van der Waals surface area contributed by atoms with Gasteiger partial charge in [0.2, 0.25) is 0 Å². The van der Waals surface area contributed by atoms with Crippen LogP contribution in [0.5, 0.6) is 0 Å². The van der Waals surface area contributed by atoms with Gasteiger partial charge in [0.1, 0.15) is 12.1 Å². The van der Waals surface area contributed by atoms with Crippen molar-refractivity contribution in [1.82, 2.24) is 10.2 Å². The lowest BCUT2D eigenvalue weighted by Crippen LogP contribution is -2.54. The molecule has 7 nitrogen and oxygen atoms in total. The molecule has 6 aliphatic rings. The Kier molecular flexibility index (Phi) is 4.71. The normalized spacial score (nSPS) is 42.0. The van der Waals surface area contributed by atoms with Crippen LogP contribution in [-0.4, -0.2) is 47.3 Å². The Morgan fingerprint density at radius 3 is 2.30 bits per heavy atom. The summed E-state index contributed by atoms with van der Waals surface area (Å²) in [6.07, 6.45) is 9.96. The number of hydrogen-bond acceptors (Lipinski definition) is 5. The molecule has 1 heterocycles. The Hall–Kier alpha value is -1.92. The number of esters is 1. The van der Waals surface area contributed by atoms with Gasteiger partial charge in [-0.2, -0.15) is 0 Å². The highest BCUT2D eigenvalue weighted by Crippen LogP contribution is 2.60. The predicted molar refractivity (Wildman–Crippen MR) is 107 cm³/mol. The molecule has 5 saturated carbocycles. The molecule has 6 rings (SSSR count). The van der Waals surface area contributed by atoms with Crippen LogP contribution in [0.2, 0.25) is 0 Å². The van der Waals surface area contributed by atoms with Crippen LogP contribution in [0, 0.1) is 29.1 Å². The van der Waals surface area contributed by atoms with Gasteiger partial charge in [-0.25, -0.2) is 4.79 Å². The van der Waals surface area contributed by atoms with E-state index in [4.69, 9.17) is 4.74 Å². The Morgan fingerprint density at radius 1 is 1.07 bits per heavy atom. The summed E-state index contributed by atoms with van der Waals surface area (Å²) in [5.41, 5.74) is -1.19. The third-order valence-electron chi connectivity index (χ3n) is 8.78. The molecule has 0 aromatic heterocycles. The zero-order chi connectivity index (χ0) is 21.1. The number of carbonyl (C=O) groups excluding carboxylic acids is 4. The number of nitrogens with zero attached hydrogens (tertiary/aromatic N) is 1. The molecule has 3 amide bonds. The van der Waals surface area contributed by atoms with E-state index in [1.165, 1.54) is 19.3 Å². The first-order valence-electron chi connectivity index (χ1n) is 11.6. The minimum absolute atomic E-state index is 0.0320.